The van der Waals surface area contributed by atoms with E-state index in [0.717, 1.165) is 5.57 Å². The number of fused-ring (bicyclic) bond motifs is 3. The summed E-state index contributed by atoms with van der Waals surface area (Å²) in [6.45, 7) is 12.6. The highest BCUT2D eigenvalue weighted by Gasteiger charge is 2.56. The quantitative estimate of drug-likeness (QED) is 0.108. The first-order valence-corrected chi connectivity index (χ1v) is 24.3. The van der Waals surface area contributed by atoms with Gasteiger partial charge in [0, 0.05) is 57.6 Å². The number of hydrogen-bond donors (Lipinski definition) is 2. The van der Waals surface area contributed by atoms with Crippen molar-refractivity contribution in [3.63, 3.8) is 0 Å². The number of carbonyl (C=O) groups is 5. The van der Waals surface area contributed by atoms with Crippen LogP contribution in [0.5, 0.6) is 0 Å². The van der Waals surface area contributed by atoms with Crippen LogP contribution in [0.25, 0.3) is 0 Å². The number of aliphatic hydroxyl groups excluding tert-OH is 1. The van der Waals surface area contributed by atoms with E-state index in [1.165, 1.54) is 31.3 Å². The number of ether oxygens (including phenoxy) is 6. The number of benzene rings is 1. The maximum atomic E-state index is 14.5. The summed E-state index contributed by atoms with van der Waals surface area (Å²) in [6.07, 6.45) is 3.25. The highest BCUT2D eigenvalue weighted by molar-refractivity contribution is 6.39. The molecule has 14 unspecified atom stereocenters. The van der Waals surface area contributed by atoms with Crippen LogP contribution in [0.4, 0.5) is 4.39 Å². The Morgan fingerprint density at radius 3 is 2.25 bits per heavy atom. The predicted octanol–water partition coefficient (Wildman–Crippen LogP) is 6.83. The van der Waals surface area contributed by atoms with Crippen molar-refractivity contribution in [1.82, 2.24) is 4.90 Å². The lowest BCUT2D eigenvalue weighted by Crippen LogP contribution is -2.64. The summed E-state index contributed by atoms with van der Waals surface area (Å²) in [6, 6.07) is 2.99. The van der Waals surface area contributed by atoms with Crippen LogP contribution in [0.2, 0.25) is 0 Å². The van der Waals surface area contributed by atoms with Crippen LogP contribution < -0.4 is 0 Å². The standard InChI is InChI=1S/C52H76FNO13/c1-11-36-19-29(2)18-30(3)22-45(63-9)48-46(64-10)24-33(6)52(61,67-48)49(58)50(59)54-17-13-12-14-39(54)51(60)66-47(34(7)40(55)27-41(36)56)32(5)23-35-15-16-43(44(25-35)62-8)65-28-42(57)37-20-31(4)21-38(53)26-37/h19-21,23,26,30,33-36,39-40,43-48,55,61H,11-18,22,24-25,27-28H2,1-10H3. The molecule has 1 aromatic rings. The summed E-state index contributed by atoms with van der Waals surface area (Å²) in [5.41, 5.74) is 2.45. The molecule has 5 rings (SSSR count). The molecule has 14 nitrogen and oxygen atoms in total. The fraction of sp³-hybridized carbons (Fsp3) is 0.712. The van der Waals surface area contributed by atoms with Crippen molar-refractivity contribution >= 4 is 29.2 Å². The number of ketones is 3. The fourth-order valence-corrected chi connectivity index (χ4v) is 10.7. The largest absolute Gasteiger partial charge is 0.456 e. The van der Waals surface area contributed by atoms with E-state index in [1.54, 1.807) is 40.9 Å². The molecule has 1 saturated carbocycles. The van der Waals surface area contributed by atoms with Crippen molar-refractivity contribution in [3.8, 4) is 0 Å². The third-order valence-corrected chi connectivity index (χ3v) is 14.7. The van der Waals surface area contributed by atoms with Crippen molar-refractivity contribution in [2.24, 2.45) is 29.6 Å². The Bertz CT molecular complexity index is 1950. The summed E-state index contributed by atoms with van der Waals surface area (Å²) in [5.74, 6) is -8.74. The number of aliphatic hydroxyl groups is 2. The second-order valence-corrected chi connectivity index (χ2v) is 19.9. The van der Waals surface area contributed by atoms with E-state index in [0.29, 0.717) is 62.5 Å². The van der Waals surface area contributed by atoms with Crippen molar-refractivity contribution in [2.75, 3.05) is 34.5 Å². The molecule has 2 N–H and O–H groups in total. The maximum absolute atomic E-state index is 14.5. The van der Waals surface area contributed by atoms with Gasteiger partial charge in [0.15, 0.2) is 5.78 Å². The number of hydrogen-bond acceptors (Lipinski definition) is 13. The van der Waals surface area contributed by atoms with Gasteiger partial charge in [-0.15, -0.1) is 0 Å². The second kappa shape index (κ2) is 24.2. The molecule has 374 valence electrons. The molecule has 15 heteroatoms. The molecular weight excluding hydrogens is 866 g/mol. The van der Waals surface area contributed by atoms with E-state index in [2.05, 4.69) is 0 Å². The first kappa shape index (κ1) is 54.2. The first-order valence-electron chi connectivity index (χ1n) is 24.3. The molecule has 67 heavy (non-hydrogen) atoms. The maximum Gasteiger partial charge on any atom is 0.329 e. The number of cyclic esters (lactones) is 1. The Kier molecular flexibility index (Phi) is 19.6. The van der Waals surface area contributed by atoms with Crippen LogP contribution in [0.3, 0.4) is 0 Å². The van der Waals surface area contributed by atoms with E-state index < -0.39 is 95.8 Å². The number of carbonyl (C=O) groups excluding carboxylic acids is 5. The van der Waals surface area contributed by atoms with E-state index >= 15 is 0 Å². The van der Waals surface area contributed by atoms with Crippen molar-refractivity contribution in [2.45, 2.75) is 174 Å². The average Bonchev–Trinajstić information content (AvgIpc) is 3.30. The molecular formula is C52H76FNO13. The van der Waals surface area contributed by atoms with Gasteiger partial charge in [0.25, 0.3) is 11.7 Å². The average molecular weight is 942 g/mol. The number of nitrogens with zero attached hydrogens (tertiary/aromatic N) is 1. The molecule has 14 atom stereocenters. The number of piperidine rings is 1. The van der Waals surface area contributed by atoms with Gasteiger partial charge in [-0.05, 0) is 126 Å². The molecule has 0 spiro atoms. The Balaban J connectivity index is 1.45. The lowest BCUT2D eigenvalue weighted by atomic mass is 9.81. The number of allylic oxidation sites excluding steroid dienone is 3. The molecule has 0 aromatic heterocycles. The molecule has 3 fully saturated rings. The molecule has 3 aliphatic heterocycles. The second-order valence-electron chi connectivity index (χ2n) is 19.9. The smallest absolute Gasteiger partial charge is 0.329 e. The van der Waals surface area contributed by atoms with Crippen molar-refractivity contribution in [1.29, 1.82) is 0 Å². The highest BCUT2D eigenvalue weighted by Crippen LogP contribution is 2.39. The SMILES string of the molecule is CCC1C=C(C)CC(C)CC(OC)C2OC(O)(C(=O)C(=O)N3CCCCC3C(=O)OC(C(C)=CC3CCC(OCC(=O)c4cc(C)cc(F)c4)C(OC)C3)C(C)C(O)CC1=O)C(C)CC2OC. The molecule has 0 radical (unpaired) electrons. The van der Waals surface area contributed by atoms with Gasteiger partial charge in [0.05, 0.1) is 30.5 Å². The zero-order valence-corrected chi connectivity index (χ0v) is 41.3. The zero-order valence-electron chi connectivity index (χ0n) is 41.3. The van der Waals surface area contributed by atoms with Gasteiger partial charge >= 0.3 is 5.97 Å². The molecule has 2 saturated heterocycles. The normalized spacial score (nSPS) is 35.8. The zero-order chi connectivity index (χ0) is 49.3. The topological polar surface area (TPSA) is 184 Å². The lowest BCUT2D eigenvalue weighted by molar-refractivity contribution is -0.302. The number of Topliss-reactive ketones (excluding diaryl/α,β-unsaturated/α-hetero) is 3. The minimum absolute atomic E-state index is 0.00861. The van der Waals surface area contributed by atoms with Crippen LogP contribution in [0.1, 0.15) is 128 Å². The van der Waals surface area contributed by atoms with Crippen molar-refractivity contribution in [3.05, 3.63) is 58.4 Å². The number of methoxy groups -OCH3 is 3. The highest BCUT2D eigenvalue weighted by atomic mass is 19.1. The minimum Gasteiger partial charge on any atom is -0.456 e. The molecule has 3 heterocycles. The van der Waals surface area contributed by atoms with Crippen LogP contribution in [-0.2, 0) is 47.6 Å². The van der Waals surface area contributed by atoms with E-state index in [-0.39, 0.29) is 61.4 Å². The first-order chi connectivity index (χ1) is 31.7. The van der Waals surface area contributed by atoms with Crippen LogP contribution in [0.15, 0.2) is 41.5 Å². The van der Waals surface area contributed by atoms with Crippen LogP contribution >= 0.6 is 0 Å². The van der Waals surface area contributed by atoms with E-state index in [1.807, 2.05) is 32.9 Å². The Morgan fingerprint density at radius 1 is 0.910 bits per heavy atom. The molecule has 4 aliphatic rings. The molecule has 2 bridgehead atoms. The van der Waals surface area contributed by atoms with Crippen LogP contribution in [-0.4, -0.2) is 133 Å². The van der Waals surface area contributed by atoms with Gasteiger partial charge in [0.2, 0.25) is 5.79 Å². The third-order valence-electron chi connectivity index (χ3n) is 14.7. The number of esters is 1. The Labute approximate surface area is 396 Å². The summed E-state index contributed by atoms with van der Waals surface area (Å²) in [7, 11) is 4.61. The lowest BCUT2D eigenvalue weighted by Gasteiger charge is -2.47. The minimum atomic E-state index is -2.54. The van der Waals surface area contributed by atoms with Gasteiger partial charge in [-0.3, -0.25) is 19.2 Å². The summed E-state index contributed by atoms with van der Waals surface area (Å²) in [5, 5.41) is 23.9. The van der Waals surface area contributed by atoms with E-state index in [4.69, 9.17) is 28.4 Å². The van der Waals surface area contributed by atoms with Gasteiger partial charge in [-0.25, -0.2) is 9.18 Å². The number of rotatable bonds is 10. The van der Waals surface area contributed by atoms with E-state index in [9.17, 15) is 38.6 Å². The Hall–Kier alpha value is -3.70. The van der Waals surface area contributed by atoms with Gasteiger partial charge < -0.3 is 43.5 Å². The van der Waals surface area contributed by atoms with Gasteiger partial charge in [-0.2, -0.15) is 0 Å². The summed E-state index contributed by atoms with van der Waals surface area (Å²) in [4.78, 5) is 71.3. The number of aryl methyl sites for hydroxylation is 1. The van der Waals surface area contributed by atoms with Crippen LogP contribution in [0, 0.1) is 42.3 Å². The van der Waals surface area contributed by atoms with Gasteiger partial charge in [0.1, 0.15) is 36.5 Å². The number of halogens is 1. The molecule has 1 amide bonds. The van der Waals surface area contributed by atoms with Crippen molar-refractivity contribution < 1.29 is 67.0 Å². The summed E-state index contributed by atoms with van der Waals surface area (Å²) < 4.78 is 50.3. The monoisotopic (exact) mass is 942 g/mol. The van der Waals surface area contributed by atoms with Gasteiger partial charge in [-0.1, -0.05) is 45.4 Å². The molecule has 1 aromatic carbocycles. The molecule has 1 aliphatic carbocycles. The number of amides is 1. The Morgan fingerprint density at radius 2 is 1.60 bits per heavy atom. The predicted molar refractivity (Wildman–Crippen MR) is 247 cm³/mol. The summed E-state index contributed by atoms with van der Waals surface area (Å²) >= 11 is 0. The third kappa shape index (κ3) is 13.3. The fourth-order valence-electron chi connectivity index (χ4n) is 10.7.